The lowest BCUT2D eigenvalue weighted by Crippen LogP contribution is -2.13. The summed E-state index contributed by atoms with van der Waals surface area (Å²) in [5.41, 5.74) is 8.47. The van der Waals surface area contributed by atoms with Crippen LogP contribution in [-0.2, 0) is 0 Å². The van der Waals surface area contributed by atoms with Crippen LogP contribution in [0.5, 0.6) is 11.5 Å². The quantitative estimate of drug-likeness (QED) is 0.702. The molecule has 0 saturated carbocycles. The topological polar surface area (TPSA) is 44.5 Å². The molecular weight excluding hydrogens is 286 g/mol. The molecular formula is C20H27NO2. The number of benzene rings is 2. The fourth-order valence-electron chi connectivity index (χ4n) is 2.61. The number of unbranched alkanes of at least 4 members (excludes halogenated alkanes) is 1. The molecule has 0 bridgehead atoms. The fraction of sp³-hybridized carbons (Fsp3) is 0.400. The van der Waals surface area contributed by atoms with Crippen molar-refractivity contribution in [2.24, 2.45) is 5.73 Å². The minimum Gasteiger partial charge on any atom is -0.497 e. The number of rotatable bonds is 9. The van der Waals surface area contributed by atoms with Gasteiger partial charge in [0.15, 0.2) is 0 Å². The molecule has 23 heavy (non-hydrogen) atoms. The lowest BCUT2D eigenvalue weighted by Gasteiger charge is -2.15. The minimum atomic E-state index is 0.403. The molecule has 2 rings (SSSR count). The van der Waals surface area contributed by atoms with E-state index in [0.29, 0.717) is 12.5 Å². The van der Waals surface area contributed by atoms with Crippen LogP contribution < -0.4 is 15.2 Å². The Kier molecular flexibility index (Phi) is 6.95. The Morgan fingerprint density at radius 1 is 0.913 bits per heavy atom. The van der Waals surface area contributed by atoms with E-state index in [2.05, 4.69) is 31.2 Å². The Labute approximate surface area is 139 Å². The standard InChI is InChI=1S/C20H27NO2/c1-16-6-10-20(11-7-16)23-14-4-3-5-18(15-21)17-8-12-19(22-2)13-9-17/h6-13,18H,3-5,14-15,21H2,1-2H3. The van der Waals surface area contributed by atoms with E-state index >= 15 is 0 Å². The first-order valence-corrected chi connectivity index (χ1v) is 8.26. The van der Waals surface area contributed by atoms with E-state index in [9.17, 15) is 0 Å². The molecule has 0 radical (unpaired) electrons. The van der Waals surface area contributed by atoms with Gasteiger partial charge in [-0.25, -0.2) is 0 Å². The van der Waals surface area contributed by atoms with Gasteiger partial charge in [0, 0.05) is 0 Å². The van der Waals surface area contributed by atoms with Gasteiger partial charge in [-0.2, -0.15) is 0 Å². The third kappa shape index (κ3) is 5.61. The predicted molar refractivity (Wildman–Crippen MR) is 95.3 cm³/mol. The number of methoxy groups -OCH3 is 1. The van der Waals surface area contributed by atoms with Crippen LogP contribution in [0, 0.1) is 6.92 Å². The van der Waals surface area contributed by atoms with Gasteiger partial charge in [0.05, 0.1) is 13.7 Å². The molecule has 0 spiro atoms. The third-order valence-corrected chi connectivity index (χ3v) is 4.11. The van der Waals surface area contributed by atoms with Crippen molar-refractivity contribution in [1.29, 1.82) is 0 Å². The Hall–Kier alpha value is -2.00. The zero-order valence-electron chi connectivity index (χ0n) is 14.1. The number of hydrogen-bond acceptors (Lipinski definition) is 3. The molecule has 2 N–H and O–H groups in total. The molecule has 1 unspecified atom stereocenters. The number of ether oxygens (including phenoxy) is 2. The monoisotopic (exact) mass is 313 g/mol. The normalized spacial score (nSPS) is 12.0. The Morgan fingerprint density at radius 3 is 2.17 bits per heavy atom. The Morgan fingerprint density at radius 2 is 1.57 bits per heavy atom. The molecule has 0 aromatic heterocycles. The molecule has 0 aliphatic rings. The zero-order valence-corrected chi connectivity index (χ0v) is 14.1. The minimum absolute atomic E-state index is 0.403. The van der Waals surface area contributed by atoms with Crippen molar-refractivity contribution >= 4 is 0 Å². The molecule has 0 aliphatic heterocycles. The number of hydrogen-bond donors (Lipinski definition) is 1. The van der Waals surface area contributed by atoms with E-state index in [1.165, 1.54) is 11.1 Å². The summed E-state index contributed by atoms with van der Waals surface area (Å²) >= 11 is 0. The van der Waals surface area contributed by atoms with E-state index in [0.717, 1.165) is 37.4 Å². The van der Waals surface area contributed by atoms with Gasteiger partial charge in [-0.15, -0.1) is 0 Å². The summed E-state index contributed by atoms with van der Waals surface area (Å²) in [6, 6.07) is 16.4. The van der Waals surface area contributed by atoms with Crippen molar-refractivity contribution in [3.8, 4) is 11.5 Å². The molecule has 124 valence electrons. The van der Waals surface area contributed by atoms with E-state index in [-0.39, 0.29) is 0 Å². The molecule has 3 nitrogen and oxygen atoms in total. The van der Waals surface area contributed by atoms with Crippen LogP contribution >= 0.6 is 0 Å². The van der Waals surface area contributed by atoms with E-state index in [4.69, 9.17) is 15.2 Å². The molecule has 0 heterocycles. The van der Waals surface area contributed by atoms with Crippen LogP contribution in [-0.4, -0.2) is 20.3 Å². The highest BCUT2D eigenvalue weighted by Crippen LogP contribution is 2.23. The van der Waals surface area contributed by atoms with Crippen LogP contribution in [0.4, 0.5) is 0 Å². The van der Waals surface area contributed by atoms with Crippen molar-refractivity contribution in [3.05, 3.63) is 59.7 Å². The Bertz CT molecular complexity index is 563. The van der Waals surface area contributed by atoms with Gasteiger partial charge in [-0.3, -0.25) is 0 Å². The fourth-order valence-corrected chi connectivity index (χ4v) is 2.61. The maximum atomic E-state index is 5.93. The van der Waals surface area contributed by atoms with Gasteiger partial charge in [-0.1, -0.05) is 29.8 Å². The molecule has 2 aromatic rings. The Balaban J connectivity index is 1.71. The average Bonchev–Trinajstić information content (AvgIpc) is 2.60. The van der Waals surface area contributed by atoms with Gasteiger partial charge in [-0.05, 0) is 68.5 Å². The highest BCUT2D eigenvalue weighted by Gasteiger charge is 2.09. The molecule has 2 aromatic carbocycles. The van der Waals surface area contributed by atoms with Crippen LogP contribution in [0.1, 0.15) is 36.3 Å². The summed E-state index contributed by atoms with van der Waals surface area (Å²) in [6.45, 7) is 3.50. The number of aryl methyl sites for hydroxylation is 1. The third-order valence-electron chi connectivity index (χ3n) is 4.11. The van der Waals surface area contributed by atoms with Crippen molar-refractivity contribution in [1.82, 2.24) is 0 Å². The summed E-state index contributed by atoms with van der Waals surface area (Å²) in [5, 5.41) is 0. The molecule has 0 saturated heterocycles. The maximum absolute atomic E-state index is 5.93. The largest absolute Gasteiger partial charge is 0.497 e. The van der Waals surface area contributed by atoms with Crippen molar-refractivity contribution in [2.45, 2.75) is 32.1 Å². The first-order valence-electron chi connectivity index (χ1n) is 8.26. The smallest absolute Gasteiger partial charge is 0.119 e. The zero-order chi connectivity index (χ0) is 16.5. The lowest BCUT2D eigenvalue weighted by atomic mass is 9.93. The van der Waals surface area contributed by atoms with Gasteiger partial charge in [0.25, 0.3) is 0 Å². The molecule has 3 heteroatoms. The van der Waals surface area contributed by atoms with Crippen molar-refractivity contribution in [2.75, 3.05) is 20.3 Å². The molecule has 1 atom stereocenters. The van der Waals surface area contributed by atoms with Gasteiger partial charge in [0.1, 0.15) is 11.5 Å². The molecule has 0 fully saturated rings. The lowest BCUT2D eigenvalue weighted by molar-refractivity contribution is 0.303. The summed E-state index contributed by atoms with van der Waals surface area (Å²) in [6.07, 6.45) is 3.24. The van der Waals surface area contributed by atoms with Crippen LogP contribution in [0.3, 0.4) is 0 Å². The van der Waals surface area contributed by atoms with E-state index in [1.807, 2.05) is 24.3 Å². The summed E-state index contributed by atoms with van der Waals surface area (Å²) in [7, 11) is 1.68. The summed E-state index contributed by atoms with van der Waals surface area (Å²) in [5.74, 6) is 2.23. The second kappa shape index (κ2) is 9.21. The first kappa shape index (κ1) is 17.4. The second-order valence-corrected chi connectivity index (χ2v) is 5.86. The van der Waals surface area contributed by atoms with Crippen LogP contribution in [0.2, 0.25) is 0 Å². The van der Waals surface area contributed by atoms with Crippen LogP contribution in [0.15, 0.2) is 48.5 Å². The SMILES string of the molecule is COc1ccc(C(CN)CCCCOc2ccc(C)cc2)cc1. The second-order valence-electron chi connectivity index (χ2n) is 5.86. The highest BCUT2D eigenvalue weighted by atomic mass is 16.5. The first-order chi connectivity index (χ1) is 11.2. The van der Waals surface area contributed by atoms with Crippen LogP contribution in [0.25, 0.3) is 0 Å². The molecule has 0 aliphatic carbocycles. The van der Waals surface area contributed by atoms with E-state index < -0.39 is 0 Å². The van der Waals surface area contributed by atoms with Crippen molar-refractivity contribution in [3.63, 3.8) is 0 Å². The highest BCUT2D eigenvalue weighted by molar-refractivity contribution is 5.29. The number of nitrogens with two attached hydrogens (primary N) is 1. The van der Waals surface area contributed by atoms with Gasteiger partial charge >= 0.3 is 0 Å². The van der Waals surface area contributed by atoms with E-state index in [1.54, 1.807) is 7.11 Å². The van der Waals surface area contributed by atoms with Gasteiger partial charge < -0.3 is 15.2 Å². The molecule has 0 amide bonds. The van der Waals surface area contributed by atoms with Crippen molar-refractivity contribution < 1.29 is 9.47 Å². The summed E-state index contributed by atoms with van der Waals surface area (Å²) < 4.78 is 11.0. The summed E-state index contributed by atoms with van der Waals surface area (Å²) in [4.78, 5) is 0. The maximum Gasteiger partial charge on any atom is 0.119 e. The van der Waals surface area contributed by atoms with Gasteiger partial charge in [0.2, 0.25) is 0 Å². The average molecular weight is 313 g/mol. The predicted octanol–water partition coefficient (Wildman–Crippen LogP) is 4.30.